The lowest BCUT2D eigenvalue weighted by atomic mass is 10.1. The van der Waals surface area contributed by atoms with Gasteiger partial charge in [-0.05, 0) is 35.0 Å². The first kappa shape index (κ1) is 14.1. The zero-order valence-corrected chi connectivity index (χ0v) is 13.4. The maximum Gasteiger partial charge on any atom is 0.255 e. The summed E-state index contributed by atoms with van der Waals surface area (Å²) in [5.74, 6) is -0.224. The summed E-state index contributed by atoms with van der Waals surface area (Å²) in [7, 11) is 0. The van der Waals surface area contributed by atoms with Gasteiger partial charge in [0.15, 0.2) is 0 Å². The smallest absolute Gasteiger partial charge is 0.255 e. The van der Waals surface area contributed by atoms with Crippen LogP contribution in [0.15, 0.2) is 54.6 Å². The molecule has 23 heavy (non-hydrogen) atoms. The van der Waals surface area contributed by atoms with Crippen molar-refractivity contribution in [3.05, 3.63) is 65.2 Å². The molecule has 1 heterocycles. The van der Waals surface area contributed by atoms with E-state index in [1.807, 2.05) is 36.4 Å². The van der Waals surface area contributed by atoms with E-state index in [-0.39, 0.29) is 5.91 Å². The van der Waals surface area contributed by atoms with Crippen molar-refractivity contribution in [2.45, 2.75) is 0 Å². The van der Waals surface area contributed by atoms with Crippen LogP contribution in [0.3, 0.4) is 0 Å². The van der Waals surface area contributed by atoms with Gasteiger partial charge < -0.3 is 5.32 Å². The number of anilines is 1. The minimum atomic E-state index is -0.224. The van der Waals surface area contributed by atoms with Gasteiger partial charge in [0.25, 0.3) is 5.91 Å². The molecule has 0 bridgehead atoms. The third-order valence-electron chi connectivity index (χ3n) is 3.63. The lowest BCUT2D eigenvalue weighted by Crippen LogP contribution is -2.12. The molecule has 6 heteroatoms. The van der Waals surface area contributed by atoms with E-state index in [1.165, 1.54) is 0 Å². The van der Waals surface area contributed by atoms with Gasteiger partial charge in [0, 0.05) is 5.56 Å². The number of hydrogen-bond donors (Lipinski definition) is 1. The molecule has 0 spiro atoms. The second-order valence-electron chi connectivity index (χ2n) is 5.07. The number of carbonyl (C=O) groups is 1. The summed E-state index contributed by atoms with van der Waals surface area (Å²) in [6, 6.07) is 17.0. The summed E-state index contributed by atoms with van der Waals surface area (Å²) < 4.78 is 8.37. The predicted molar refractivity (Wildman–Crippen MR) is 94.3 cm³/mol. The van der Waals surface area contributed by atoms with Crippen LogP contribution >= 0.6 is 23.3 Å². The topological polar surface area (TPSA) is 54.9 Å². The van der Waals surface area contributed by atoms with Crippen LogP contribution < -0.4 is 5.32 Å². The Bertz CT molecular complexity index is 1040. The summed E-state index contributed by atoms with van der Waals surface area (Å²) in [4.78, 5) is 12.6. The third kappa shape index (κ3) is 2.54. The maximum absolute atomic E-state index is 12.6. The summed E-state index contributed by atoms with van der Waals surface area (Å²) >= 11 is 7.30. The summed E-state index contributed by atoms with van der Waals surface area (Å²) in [6.07, 6.45) is 0. The van der Waals surface area contributed by atoms with Crippen molar-refractivity contribution in [3.8, 4) is 0 Å². The van der Waals surface area contributed by atoms with Crippen LogP contribution in [0.25, 0.3) is 21.8 Å². The fourth-order valence-electron chi connectivity index (χ4n) is 2.46. The molecule has 1 N–H and O–H groups in total. The Labute approximate surface area is 141 Å². The van der Waals surface area contributed by atoms with Gasteiger partial charge >= 0.3 is 0 Å². The number of amides is 1. The van der Waals surface area contributed by atoms with Gasteiger partial charge in [-0.1, -0.05) is 41.9 Å². The maximum atomic E-state index is 12.6. The highest BCUT2D eigenvalue weighted by molar-refractivity contribution is 7.00. The molecule has 0 radical (unpaired) electrons. The van der Waals surface area contributed by atoms with Crippen LogP contribution in [-0.2, 0) is 0 Å². The van der Waals surface area contributed by atoms with E-state index in [1.54, 1.807) is 18.2 Å². The highest BCUT2D eigenvalue weighted by Crippen LogP contribution is 2.30. The number of benzene rings is 3. The van der Waals surface area contributed by atoms with Crippen molar-refractivity contribution >= 4 is 56.7 Å². The predicted octanol–water partition coefficient (Wildman–Crippen LogP) is 4.75. The van der Waals surface area contributed by atoms with Gasteiger partial charge in [0.05, 0.1) is 22.4 Å². The quantitative estimate of drug-likeness (QED) is 0.573. The number of hydrogen-bond acceptors (Lipinski definition) is 4. The molecule has 0 aliphatic carbocycles. The number of rotatable bonds is 2. The highest BCUT2D eigenvalue weighted by atomic mass is 35.5. The molecule has 0 aliphatic rings. The Hall–Kier alpha value is -2.50. The van der Waals surface area contributed by atoms with Crippen LogP contribution in [-0.4, -0.2) is 14.7 Å². The lowest BCUT2D eigenvalue weighted by Gasteiger charge is -2.08. The Morgan fingerprint density at radius 2 is 1.83 bits per heavy atom. The van der Waals surface area contributed by atoms with Gasteiger partial charge in [0.2, 0.25) is 0 Å². The molecule has 4 nitrogen and oxygen atoms in total. The van der Waals surface area contributed by atoms with Crippen LogP contribution in [0, 0.1) is 0 Å². The molecule has 0 saturated heterocycles. The van der Waals surface area contributed by atoms with E-state index in [0.717, 1.165) is 22.5 Å². The zero-order valence-electron chi connectivity index (χ0n) is 11.8. The summed E-state index contributed by atoms with van der Waals surface area (Å²) in [5, 5.41) is 5.40. The van der Waals surface area contributed by atoms with Crippen molar-refractivity contribution < 1.29 is 4.79 Å². The molecule has 0 saturated carbocycles. The number of nitrogens with one attached hydrogen (secondary N) is 1. The number of nitrogens with zero attached hydrogens (tertiary/aromatic N) is 2. The first-order valence-corrected chi connectivity index (χ1v) is 8.04. The van der Waals surface area contributed by atoms with E-state index in [9.17, 15) is 4.79 Å². The molecule has 0 aliphatic heterocycles. The van der Waals surface area contributed by atoms with Gasteiger partial charge in [-0.15, -0.1) is 0 Å². The Balaban J connectivity index is 1.73. The summed E-state index contributed by atoms with van der Waals surface area (Å²) in [6.45, 7) is 0. The number of fused-ring (bicyclic) bond motifs is 2. The van der Waals surface area contributed by atoms with Crippen molar-refractivity contribution in [1.29, 1.82) is 0 Å². The number of aromatic nitrogens is 2. The van der Waals surface area contributed by atoms with Crippen LogP contribution in [0.4, 0.5) is 5.69 Å². The van der Waals surface area contributed by atoms with Crippen molar-refractivity contribution in [1.82, 2.24) is 8.75 Å². The number of carbonyl (C=O) groups excluding carboxylic acids is 1. The average Bonchev–Trinajstić information content (AvgIpc) is 3.06. The zero-order chi connectivity index (χ0) is 15.8. The average molecular weight is 340 g/mol. The molecule has 0 atom stereocenters. The molecular weight excluding hydrogens is 330 g/mol. The Morgan fingerprint density at radius 1 is 1.00 bits per heavy atom. The third-order valence-corrected chi connectivity index (χ3v) is 4.48. The minimum Gasteiger partial charge on any atom is -0.319 e. The van der Waals surface area contributed by atoms with Gasteiger partial charge in [-0.3, -0.25) is 4.79 Å². The fraction of sp³-hybridized carbons (Fsp3) is 0. The van der Waals surface area contributed by atoms with Crippen molar-refractivity contribution in [2.75, 3.05) is 5.32 Å². The SMILES string of the molecule is O=C(Nc1c(Cl)ccc2nsnc12)c1ccc2ccccc2c1. The minimum absolute atomic E-state index is 0.224. The standard InChI is InChI=1S/C17H10ClN3OS/c18-13-7-8-14-16(21-23-20-14)15(13)19-17(22)12-6-5-10-3-1-2-4-11(10)9-12/h1-9H,(H,19,22). The van der Waals surface area contributed by atoms with E-state index >= 15 is 0 Å². The van der Waals surface area contributed by atoms with Crippen molar-refractivity contribution in [3.63, 3.8) is 0 Å². The molecule has 0 fully saturated rings. The molecule has 4 rings (SSSR count). The van der Waals surface area contributed by atoms with E-state index in [0.29, 0.717) is 27.3 Å². The molecule has 112 valence electrons. The molecule has 3 aromatic carbocycles. The molecule has 1 aromatic heterocycles. The molecular formula is C17H10ClN3OS. The number of halogens is 1. The molecule has 4 aromatic rings. The van der Waals surface area contributed by atoms with Gasteiger partial charge in [0.1, 0.15) is 11.0 Å². The summed E-state index contributed by atoms with van der Waals surface area (Å²) in [5.41, 5.74) is 2.39. The monoisotopic (exact) mass is 339 g/mol. The Morgan fingerprint density at radius 3 is 2.70 bits per heavy atom. The molecule has 0 unspecified atom stereocenters. The molecule has 1 amide bonds. The largest absolute Gasteiger partial charge is 0.319 e. The first-order chi connectivity index (χ1) is 11.2. The normalized spacial score (nSPS) is 11.0. The van der Waals surface area contributed by atoms with Crippen LogP contribution in [0.1, 0.15) is 10.4 Å². The Kier molecular flexibility index (Phi) is 3.44. The highest BCUT2D eigenvalue weighted by Gasteiger charge is 2.14. The van der Waals surface area contributed by atoms with Crippen LogP contribution in [0.2, 0.25) is 5.02 Å². The second-order valence-corrected chi connectivity index (χ2v) is 6.01. The second kappa shape index (κ2) is 5.61. The fourth-order valence-corrected chi connectivity index (χ4v) is 3.20. The van der Waals surface area contributed by atoms with Gasteiger partial charge in [-0.2, -0.15) is 8.75 Å². The van der Waals surface area contributed by atoms with E-state index in [2.05, 4.69) is 14.1 Å². The van der Waals surface area contributed by atoms with Crippen LogP contribution in [0.5, 0.6) is 0 Å². The first-order valence-electron chi connectivity index (χ1n) is 6.93. The lowest BCUT2D eigenvalue weighted by molar-refractivity contribution is 0.102. The van der Waals surface area contributed by atoms with Crippen molar-refractivity contribution in [2.24, 2.45) is 0 Å². The van der Waals surface area contributed by atoms with E-state index in [4.69, 9.17) is 11.6 Å². The van der Waals surface area contributed by atoms with Gasteiger partial charge in [-0.25, -0.2) is 0 Å². The van der Waals surface area contributed by atoms with E-state index < -0.39 is 0 Å².